The van der Waals surface area contributed by atoms with E-state index in [1.165, 1.54) is 10.6 Å². The highest BCUT2D eigenvalue weighted by Crippen LogP contribution is 2.23. The van der Waals surface area contributed by atoms with Crippen LogP contribution in [-0.2, 0) is 10.2 Å². The summed E-state index contributed by atoms with van der Waals surface area (Å²) in [6.07, 6.45) is 0. The highest BCUT2D eigenvalue weighted by molar-refractivity contribution is 5.90. The number of amides is 1. The van der Waals surface area contributed by atoms with Crippen LogP contribution in [0.1, 0.15) is 26.5 Å². The summed E-state index contributed by atoms with van der Waals surface area (Å²) in [6, 6.07) is 12.2. The maximum absolute atomic E-state index is 12.3. The number of nitrogens with zero attached hydrogens (tertiary/aromatic N) is 2. The smallest absolute Gasteiger partial charge is 0.281 e. The molecule has 1 aromatic heterocycles. The normalized spacial score (nSPS) is 16.0. The van der Waals surface area contributed by atoms with Crippen LogP contribution in [0.5, 0.6) is 0 Å². The molecular formula is C19H27N4O2+. The second-order valence-electron chi connectivity index (χ2n) is 7.62. The molecule has 25 heavy (non-hydrogen) atoms. The van der Waals surface area contributed by atoms with Crippen LogP contribution < -0.4 is 15.1 Å². The Labute approximate surface area is 148 Å². The molecule has 1 aromatic carbocycles. The number of aromatic nitrogens is 1. The third kappa shape index (κ3) is 4.60. The van der Waals surface area contributed by atoms with Gasteiger partial charge in [-0.05, 0) is 12.1 Å². The largest absolute Gasteiger partial charge is 0.360 e. The molecule has 0 bridgehead atoms. The van der Waals surface area contributed by atoms with E-state index in [4.69, 9.17) is 4.52 Å². The quantitative estimate of drug-likeness (QED) is 0.879. The number of para-hydroxylation sites is 1. The molecule has 1 amide bonds. The van der Waals surface area contributed by atoms with Crippen LogP contribution in [0.15, 0.2) is 40.9 Å². The first-order chi connectivity index (χ1) is 11.9. The van der Waals surface area contributed by atoms with Crippen molar-refractivity contribution in [3.8, 4) is 0 Å². The van der Waals surface area contributed by atoms with E-state index in [1.807, 2.05) is 6.07 Å². The number of hydrogen-bond donors (Lipinski definition) is 2. The molecule has 2 aromatic rings. The summed E-state index contributed by atoms with van der Waals surface area (Å²) in [5.41, 5.74) is 2.00. The second kappa shape index (κ2) is 7.27. The van der Waals surface area contributed by atoms with E-state index in [1.54, 1.807) is 6.07 Å². The van der Waals surface area contributed by atoms with Crippen LogP contribution in [-0.4, -0.2) is 43.8 Å². The Balaban J connectivity index is 1.47. The molecule has 0 saturated carbocycles. The third-order valence-corrected chi connectivity index (χ3v) is 4.54. The average molecular weight is 343 g/mol. The lowest BCUT2D eigenvalue weighted by Gasteiger charge is -2.33. The molecule has 0 radical (unpaired) electrons. The van der Waals surface area contributed by atoms with Gasteiger partial charge in [0.15, 0.2) is 6.54 Å². The summed E-state index contributed by atoms with van der Waals surface area (Å²) < 4.78 is 5.23. The lowest BCUT2D eigenvalue weighted by atomic mass is 9.92. The fourth-order valence-corrected chi connectivity index (χ4v) is 2.99. The van der Waals surface area contributed by atoms with Crippen LogP contribution in [0.2, 0.25) is 0 Å². The topological polar surface area (TPSA) is 62.8 Å². The Morgan fingerprint density at radius 1 is 1.24 bits per heavy atom. The van der Waals surface area contributed by atoms with Gasteiger partial charge in [-0.2, -0.15) is 0 Å². The van der Waals surface area contributed by atoms with Gasteiger partial charge in [-0.25, -0.2) is 0 Å². The number of carbonyl (C=O) groups excluding carboxylic acids is 1. The number of rotatable bonds is 4. The summed E-state index contributed by atoms with van der Waals surface area (Å²) in [5.74, 6) is 0.400. The molecule has 3 rings (SSSR count). The van der Waals surface area contributed by atoms with Crippen LogP contribution in [0.3, 0.4) is 0 Å². The molecule has 1 aliphatic rings. The zero-order chi connectivity index (χ0) is 17.9. The van der Waals surface area contributed by atoms with Gasteiger partial charge in [0, 0.05) is 17.2 Å². The predicted octanol–water partition coefficient (Wildman–Crippen LogP) is 1.32. The zero-order valence-electron chi connectivity index (χ0n) is 15.2. The molecule has 0 aliphatic carbocycles. The number of benzene rings is 1. The van der Waals surface area contributed by atoms with Crippen molar-refractivity contribution in [3.63, 3.8) is 0 Å². The van der Waals surface area contributed by atoms with E-state index >= 15 is 0 Å². The van der Waals surface area contributed by atoms with E-state index < -0.39 is 0 Å². The summed E-state index contributed by atoms with van der Waals surface area (Å²) in [5, 5.41) is 6.85. The Kier molecular flexibility index (Phi) is 5.08. The van der Waals surface area contributed by atoms with Crippen LogP contribution in [0.25, 0.3) is 0 Å². The fourth-order valence-electron chi connectivity index (χ4n) is 2.99. The van der Waals surface area contributed by atoms with E-state index in [-0.39, 0.29) is 11.3 Å². The summed E-state index contributed by atoms with van der Waals surface area (Å²) in [6.45, 7) is 10.5. The molecular weight excluding hydrogens is 316 g/mol. The standard InChI is InChI=1S/C19H26N4O2/c1-19(2,3)16-13-18(25-21-16)20-17(24)14-22-9-11-23(12-10-22)15-7-5-4-6-8-15/h4-8,13H,9-12,14H2,1-3H3,(H,20,24)/p+1. The minimum Gasteiger partial charge on any atom is -0.360 e. The maximum atomic E-state index is 12.3. The van der Waals surface area contributed by atoms with Crippen LogP contribution >= 0.6 is 0 Å². The van der Waals surface area contributed by atoms with Crippen molar-refractivity contribution in [1.82, 2.24) is 5.16 Å². The number of hydrogen-bond acceptors (Lipinski definition) is 4. The van der Waals surface area contributed by atoms with Crippen molar-refractivity contribution in [2.24, 2.45) is 0 Å². The van der Waals surface area contributed by atoms with Crippen molar-refractivity contribution in [1.29, 1.82) is 0 Å². The first-order valence-electron chi connectivity index (χ1n) is 8.82. The number of carbonyl (C=O) groups is 1. The SMILES string of the molecule is CC(C)(C)c1cc(NC(=O)C[NH+]2CCN(c3ccccc3)CC2)on1. The maximum Gasteiger partial charge on any atom is 0.281 e. The average Bonchev–Trinajstić information content (AvgIpc) is 3.05. The summed E-state index contributed by atoms with van der Waals surface area (Å²) >= 11 is 0. The van der Waals surface area contributed by atoms with E-state index in [0.29, 0.717) is 12.4 Å². The molecule has 1 aliphatic heterocycles. The molecule has 0 unspecified atom stereocenters. The molecule has 2 heterocycles. The highest BCUT2D eigenvalue weighted by atomic mass is 16.5. The lowest BCUT2D eigenvalue weighted by Crippen LogP contribution is -3.15. The lowest BCUT2D eigenvalue weighted by molar-refractivity contribution is -0.892. The van der Waals surface area contributed by atoms with Gasteiger partial charge in [0.1, 0.15) is 0 Å². The third-order valence-electron chi connectivity index (χ3n) is 4.54. The fraction of sp³-hybridized carbons (Fsp3) is 0.474. The van der Waals surface area contributed by atoms with Crippen molar-refractivity contribution in [3.05, 3.63) is 42.1 Å². The minimum absolute atomic E-state index is 0.0280. The number of piperazine rings is 1. The van der Waals surface area contributed by atoms with Gasteiger partial charge in [-0.3, -0.25) is 10.1 Å². The Morgan fingerprint density at radius 3 is 2.52 bits per heavy atom. The zero-order valence-corrected chi connectivity index (χ0v) is 15.2. The van der Waals surface area contributed by atoms with Crippen molar-refractivity contribution in [2.75, 3.05) is 42.9 Å². The van der Waals surface area contributed by atoms with Gasteiger partial charge >= 0.3 is 0 Å². The Hall–Kier alpha value is -2.34. The molecule has 1 saturated heterocycles. The van der Waals surface area contributed by atoms with Crippen LogP contribution in [0, 0.1) is 0 Å². The molecule has 1 fully saturated rings. The van der Waals surface area contributed by atoms with Crippen molar-refractivity contribution >= 4 is 17.5 Å². The summed E-state index contributed by atoms with van der Waals surface area (Å²) in [7, 11) is 0. The Morgan fingerprint density at radius 2 is 1.92 bits per heavy atom. The molecule has 6 nitrogen and oxygen atoms in total. The number of nitrogens with one attached hydrogen (secondary N) is 2. The van der Waals surface area contributed by atoms with Gasteiger partial charge in [-0.1, -0.05) is 44.1 Å². The molecule has 0 atom stereocenters. The molecule has 6 heteroatoms. The highest BCUT2D eigenvalue weighted by Gasteiger charge is 2.24. The van der Waals surface area contributed by atoms with Gasteiger partial charge < -0.3 is 14.3 Å². The van der Waals surface area contributed by atoms with Gasteiger partial charge in [0.05, 0.1) is 31.9 Å². The van der Waals surface area contributed by atoms with Gasteiger partial charge in [0.25, 0.3) is 5.91 Å². The van der Waals surface area contributed by atoms with Crippen LogP contribution in [0.4, 0.5) is 11.6 Å². The monoisotopic (exact) mass is 343 g/mol. The first-order valence-corrected chi connectivity index (χ1v) is 8.82. The van der Waals surface area contributed by atoms with E-state index in [9.17, 15) is 4.79 Å². The van der Waals surface area contributed by atoms with E-state index in [2.05, 4.69) is 60.4 Å². The van der Waals surface area contributed by atoms with Gasteiger partial charge in [0.2, 0.25) is 5.88 Å². The minimum atomic E-state index is -0.0918. The van der Waals surface area contributed by atoms with Gasteiger partial charge in [-0.15, -0.1) is 0 Å². The Bertz CT molecular complexity index is 698. The van der Waals surface area contributed by atoms with E-state index in [0.717, 1.165) is 31.9 Å². The first kappa shape index (κ1) is 17.5. The molecule has 0 spiro atoms. The number of anilines is 2. The second-order valence-corrected chi connectivity index (χ2v) is 7.62. The predicted molar refractivity (Wildman–Crippen MR) is 98.1 cm³/mol. The molecule has 2 N–H and O–H groups in total. The van der Waals surface area contributed by atoms with Crippen molar-refractivity contribution in [2.45, 2.75) is 26.2 Å². The number of quaternary nitrogens is 1. The van der Waals surface area contributed by atoms with Crippen molar-refractivity contribution < 1.29 is 14.2 Å². The molecule has 134 valence electrons. The summed E-state index contributed by atoms with van der Waals surface area (Å²) in [4.78, 5) is 15.9.